The number of piperidine rings is 2. The maximum atomic E-state index is 13.3. The quantitative estimate of drug-likeness (QED) is 0.684. The van der Waals surface area contributed by atoms with Gasteiger partial charge in [-0.25, -0.2) is 0 Å². The van der Waals surface area contributed by atoms with Gasteiger partial charge >= 0.3 is 0 Å². The van der Waals surface area contributed by atoms with Crippen molar-refractivity contribution in [3.8, 4) is 11.5 Å². The van der Waals surface area contributed by atoms with Crippen LogP contribution in [0.2, 0.25) is 0 Å². The minimum absolute atomic E-state index is 0.00437. The Morgan fingerprint density at radius 2 is 2.21 bits per heavy atom. The molecule has 8 nitrogen and oxygen atoms in total. The highest BCUT2D eigenvalue weighted by molar-refractivity contribution is 5.94. The Morgan fingerprint density at radius 1 is 1.31 bits per heavy atom. The molecule has 2 fully saturated rings. The number of aryl methyl sites for hydroxylation is 1. The van der Waals surface area contributed by atoms with E-state index in [0.717, 1.165) is 44.6 Å². The first-order chi connectivity index (χ1) is 14.1. The highest BCUT2D eigenvalue weighted by Crippen LogP contribution is 2.36. The summed E-state index contributed by atoms with van der Waals surface area (Å²) < 4.78 is 3.86. The van der Waals surface area contributed by atoms with Gasteiger partial charge in [0.05, 0.1) is 17.4 Å². The molecule has 0 radical (unpaired) electrons. The Bertz CT molecular complexity index is 1050. The van der Waals surface area contributed by atoms with Crippen LogP contribution in [0.5, 0.6) is 0 Å². The van der Waals surface area contributed by atoms with Gasteiger partial charge in [-0.2, -0.15) is 0 Å². The minimum Gasteiger partial charge on any atom is -0.392 e. The molecule has 5 heterocycles. The first kappa shape index (κ1) is 18.3. The second-order valence-corrected chi connectivity index (χ2v) is 8.35. The third-order valence-electron chi connectivity index (χ3n) is 6.50. The zero-order valence-corrected chi connectivity index (χ0v) is 16.6. The Labute approximate surface area is 169 Å². The van der Waals surface area contributed by atoms with E-state index >= 15 is 0 Å². The maximum Gasteiger partial charge on any atom is 0.255 e. The van der Waals surface area contributed by atoms with Crippen LogP contribution >= 0.6 is 0 Å². The fraction of sp³-hybridized carbons (Fsp3) is 0.476. The fourth-order valence-electron chi connectivity index (χ4n) is 4.82. The number of carbonyl (C=O) groups excluding carboxylic acids is 1. The maximum absolute atomic E-state index is 13.3. The molecule has 1 spiro atoms. The number of rotatable bonds is 2. The zero-order chi connectivity index (χ0) is 20.0. The van der Waals surface area contributed by atoms with E-state index in [0.29, 0.717) is 23.6 Å². The van der Waals surface area contributed by atoms with Crippen LogP contribution in [0, 0.1) is 5.41 Å². The van der Waals surface area contributed by atoms with Gasteiger partial charge in [-0.1, -0.05) is 0 Å². The van der Waals surface area contributed by atoms with Crippen LogP contribution < -0.4 is 5.32 Å². The van der Waals surface area contributed by atoms with Gasteiger partial charge in [0.15, 0.2) is 11.5 Å². The topological polar surface area (TPSA) is 87.7 Å². The summed E-state index contributed by atoms with van der Waals surface area (Å²) in [6.45, 7) is 2.91. The molecule has 8 heteroatoms. The summed E-state index contributed by atoms with van der Waals surface area (Å²) in [6, 6.07) is 7.60. The second-order valence-electron chi connectivity index (χ2n) is 8.35. The number of likely N-dealkylation sites (tertiary alicyclic amines) is 1. The third kappa shape index (κ3) is 3.03. The van der Waals surface area contributed by atoms with E-state index in [1.54, 1.807) is 0 Å². The van der Waals surface area contributed by atoms with Crippen LogP contribution in [0.15, 0.2) is 36.7 Å². The summed E-state index contributed by atoms with van der Waals surface area (Å²) in [4.78, 5) is 15.2. The Morgan fingerprint density at radius 3 is 3.00 bits per heavy atom. The molecule has 2 N–H and O–H groups in total. The molecule has 2 saturated heterocycles. The van der Waals surface area contributed by atoms with Crippen LogP contribution in [0.4, 0.5) is 0 Å². The number of aromatic nitrogens is 4. The van der Waals surface area contributed by atoms with Gasteiger partial charge in [0, 0.05) is 44.5 Å². The van der Waals surface area contributed by atoms with Crippen LogP contribution in [0.25, 0.3) is 17.2 Å². The highest BCUT2D eigenvalue weighted by atomic mass is 16.3. The molecule has 3 aromatic rings. The number of fused-ring (bicyclic) bond motifs is 1. The molecule has 0 aromatic carbocycles. The molecule has 0 aliphatic carbocycles. The summed E-state index contributed by atoms with van der Waals surface area (Å²) >= 11 is 0. The molecule has 0 unspecified atom stereocenters. The third-order valence-corrected chi connectivity index (χ3v) is 6.50. The van der Waals surface area contributed by atoms with Crippen molar-refractivity contribution in [3.63, 3.8) is 0 Å². The average molecular weight is 394 g/mol. The Kier molecular flexibility index (Phi) is 4.40. The van der Waals surface area contributed by atoms with E-state index in [2.05, 4.69) is 15.5 Å². The first-order valence-corrected chi connectivity index (χ1v) is 10.2. The number of nitrogens with one attached hydrogen (secondary N) is 1. The summed E-state index contributed by atoms with van der Waals surface area (Å²) in [5, 5.41) is 22.6. The summed E-state index contributed by atoms with van der Waals surface area (Å²) in [6.07, 6.45) is 6.04. The normalized spacial score (nSPS) is 25.0. The number of nitrogens with zero attached hydrogens (tertiary/aromatic N) is 5. The lowest BCUT2D eigenvalue weighted by Gasteiger charge is -2.48. The number of amides is 1. The van der Waals surface area contributed by atoms with E-state index in [1.165, 1.54) is 0 Å². The lowest BCUT2D eigenvalue weighted by molar-refractivity contribution is -0.0433. The van der Waals surface area contributed by atoms with Crippen molar-refractivity contribution in [1.29, 1.82) is 0 Å². The lowest BCUT2D eigenvalue weighted by Crippen LogP contribution is -2.58. The molecule has 0 saturated carbocycles. The molecule has 5 rings (SSSR count). The van der Waals surface area contributed by atoms with Crippen LogP contribution in [-0.4, -0.2) is 67.4 Å². The number of hydrogen-bond acceptors (Lipinski definition) is 5. The summed E-state index contributed by atoms with van der Waals surface area (Å²) in [5.74, 6) is 0.708. The standard InChI is InChI=1S/C21H26N6O2/c1-25-10-2-4-16(25)19-24-23-18-6-5-15(12-27(18)19)20(29)26-11-3-8-21(14-26)13-22-9-7-17(21)28/h2,4-6,10,12,17,22,28H,3,7-9,11,13-14H2,1H3/t17-,21-/m0/s1. The smallest absolute Gasteiger partial charge is 0.255 e. The monoisotopic (exact) mass is 394 g/mol. The van der Waals surface area contributed by atoms with Gasteiger partial charge in [-0.05, 0) is 50.1 Å². The van der Waals surface area contributed by atoms with Gasteiger partial charge in [-0.3, -0.25) is 9.20 Å². The average Bonchev–Trinajstić information content (AvgIpc) is 3.35. The molecular weight excluding hydrogens is 368 g/mol. The van der Waals surface area contributed by atoms with Crippen molar-refractivity contribution in [2.45, 2.75) is 25.4 Å². The molecule has 1 amide bonds. The van der Waals surface area contributed by atoms with Crippen molar-refractivity contribution in [3.05, 3.63) is 42.2 Å². The zero-order valence-electron chi connectivity index (χ0n) is 16.6. The Balaban J connectivity index is 1.46. The highest BCUT2D eigenvalue weighted by Gasteiger charge is 2.44. The number of hydrogen-bond donors (Lipinski definition) is 2. The molecule has 29 heavy (non-hydrogen) atoms. The molecule has 2 atom stereocenters. The minimum atomic E-state index is -0.358. The predicted molar refractivity (Wildman–Crippen MR) is 108 cm³/mol. The molecular formula is C21H26N6O2. The number of aliphatic hydroxyl groups excluding tert-OH is 1. The second kappa shape index (κ2) is 6.96. The van der Waals surface area contributed by atoms with Gasteiger partial charge < -0.3 is 19.9 Å². The number of aliphatic hydroxyl groups is 1. The molecule has 2 aliphatic rings. The van der Waals surface area contributed by atoms with E-state index in [-0.39, 0.29) is 17.4 Å². The lowest BCUT2D eigenvalue weighted by atomic mass is 9.72. The van der Waals surface area contributed by atoms with Crippen LogP contribution in [0.3, 0.4) is 0 Å². The molecule has 3 aromatic heterocycles. The van der Waals surface area contributed by atoms with Gasteiger partial charge in [0.25, 0.3) is 5.91 Å². The fourth-order valence-corrected chi connectivity index (χ4v) is 4.82. The Hall–Kier alpha value is -2.71. The van der Waals surface area contributed by atoms with E-state index < -0.39 is 0 Å². The largest absolute Gasteiger partial charge is 0.392 e. The number of pyridine rings is 1. The number of carbonyl (C=O) groups is 1. The van der Waals surface area contributed by atoms with Gasteiger partial charge in [0.2, 0.25) is 0 Å². The van der Waals surface area contributed by atoms with Gasteiger partial charge in [0.1, 0.15) is 0 Å². The molecule has 152 valence electrons. The molecule has 0 bridgehead atoms. The summed E-state index contributed by atoms with van der Waals surface area (Å²) in [5.41, 5.74) is 2.03. The van der Waals surface area contributed by atoms with Crippen molar-refractivity contribution < 1.29 is 9.90 Å². The van der Waals surface area contributed by atoms with Crippen molar-refractivity contribution in [1.82, 2.24) is 29.4 Å². The summed E-state index contributed by atoms with van der Waals surface area (Å²) in [7, 11) is 1.96. The SMILES string of the molecule is Cn1cccc1-c1nnc2ccc(C(=O)N3CCC[C@]4(CNCC[C@@H]4O)C3)cn12. The van der Waals surface area contributed by atoms with Crippen LogP contribution in [-0.2, 0) is 7.05 Å². The van der Waals surface area contributed by atoms with Gasteiger partial charge in [-0.15, -0.1) is 10.2 Å². The van der Waals surface area contributed by atoms with E-state index in [1.807, 2.05) is 57.6 Å². The van der Waals surface area contributed by atoms with E-state index in [9.17, 15) is 9.90 Å². The van der Waals surface area contributed by atoms with Crippen molar-refractivity contribution >= 4 is 11.6 Å². The van der Waals surface area contributed by atoms with Crippen LogP contribution in [0.1, 0.15) is 29.6 Å². The van der Waals surface area contributed by atoms with E-state index in [4.69, 9.17) is 0 Å². The van der Waals surface area contributed by atoms with Crippen molar-refractivity contribution in [2.75, 3.05) is 26.2 Å². The van der Waals surface area contributed by atoms with Crippen molar-refractivity contribution in [2.24, 2.45) is 12.5 Å². The first-order valence-electron chi connectivity index (χ1n) is 10.2. The predicted octanol–water partition coefficient (Wildman–Crippen LogP) is 1.31. The molecule has 2 aliphatic heterocycles.